The van der Waals surface area contributed by atoms with Crippen LogP contribution >= 0.6 is 0 Å². The largest absolute Gasteiger partial charge is 0.389 e. The summed E-state index contributed by atoms with van der Waals surface area (Å²) in [7, 11) is 0. The van der Waals surface area contributed by atoms with E-state index < -0.39 is 6.10 Å². The molecule has 1 aliphatic heterocycles. The molecule has 1 aromatic rings. The summed E-state index contributed by atoms with van der Waals surface area (Å²) in [5, 5.41) is 19.5. The monoisotopic (exact) mass is 423 g/mol. The third kappa shape index (κ3) is 5.38. The fourth-order valence-corrected chi connectivity index (χ4v) is 5.61. The highest BCUT2D eigenvalue weighted by Crippen LogP contribution is 2.59. The maximum absolute atomic E-state index is 10.5. The number of benzene rings is 1. The Morgan fingerprint density at radius 2 is 1.90 bits per heavy atom. The summed E-state index contributed by atoms with van der Waals surface area (Å²) >= 11 is 0. The van der Waals surface area contributed by atoms with Crippen LogP contribution in [0.5, 0.6) is 0 Å². The van der Waals surface area contributed by atoms with Gasteiger partial charge in [-0.25, -0.2) is 0 Å². The molecule has 168 valence electrons. The molecule has 1 saturated carbocycles. The van der Waals surface area contributed by atoms with Crippen LogP contribution in [-0.4, -0.2) is 66.9 Å². The number of fused-ring (bicyclic) bond motifs is 1. The first kappa shape index (κ1) is 22.5. The Labute approximate surface area is 187 Å². The van der Waals surface area contributed by atoms with Crippen LogP contribution in [0.25, 0.3) is 0 Å². The van der Waals surface area contributed by atoms with E-state index >= 15 is 0 Å². The molecule has 3 aliphatic carbocycles. The van der Waals surface area contributed by atoms with E-state index in [0.29, 0.717) is 36.7 Å². The second-order valence-electron chi connectivity index (χ2n) is 10.2. The summed E-state index contributed by atoms with van der Waals surface area (Å²) in [5.41, 5.74) is 3.84. The molecule has 1 heterocycles. The highest BCUT2D eigenvalue weighted by atomic mass is 16.5. The molecule has 0 amide bonds. The Kier molecular flexibility index (Phi) is 7.13. The molecule has 31 heavy (non-hydrogen) atoms. The van der Waals surface area contributed by atoms with Gasteiger partial charge < -0.3 is 9.84 Å². The van der Waals surface area contributed by atoms with Crippen LogP contribution in [0.1, 0.15) is 44.2 Å². The molecule has 0 spiro atoms. The van der Waals surface area contributed by atoms with Crippen molar-refractivity contribution in [1.82, 2.24) is 9.80 Å². The van der Waals surface area contributed by atoms with Crippen molar-refractivity contribution in [2.45, 2.75) is 45.8 Å². The number of aliphatic hydroxyl groups excluding tert-OH is 1. The van der Waals surface area contributed by atoms with Crippen molar-refractivity contribution in [3.05, 3.63) is 47.0 Å². The van der Waals surface area contributed by atoms with Gasteiger partial charge >= 0.3 is 0 Å². The highest BCUT2D eigenvalue weighted by Gasteiger charge is 2.50. The van der Waals surface area contributed by atoms with Crippen LogP contribution in [0.15, 0.2) is 35.9 Å². The lowest BCUT2D eigenvalue weighted by molar-refractivity contribution is -0.0260. The van der Waals surface area contributed by atoms with Crippen LogP contribution in [0, 0.1) is 28.6 Å². The first-order chi connectivity index (χ1) is 15.0. The molecular formula is C26H37N3O2. The molecule has 2 fully saturated rings. The zero-order valence-electron chi connectivity index (χ0n) is 19.1. The highest BCUT2D eigenvalue weighted by molar-refractivity contribution is 5.31. The lowest BCUT2D eigenvalue weighted by Crippen LogP contribution is -2.48. The van der Waals surface area contributed by atoms with E-state index in [4.69, 9.17) is 10.00 Å². The Morgan fingerprint density at radius 1 is 1.16 bits per heavy atom. The number of hydrogen-bond acceptors (Lipinski definition) is 5. The molecule has 0 aromatic heterocycles. The molecule has 5 heteroatoms. The molecule has 0 radical (unpaired) electrons. The zero-order chi connectivity index (χ0) is 21.8. The molecule has 1 aromatic carbocycles. The molecule has 3 unspecified atom stereocenters. The average Bonchev–Trinajstić information content (AvgIpc) is 2.99. The van der Waals surface area contributed by atoms with Crippen molar-refractivity contribution in [3.63, 3.8) is 0 Å². The number of rotatable bonds is 8. The Morgan fingerprint density at radius 3 is 2.61 bits per heavy atom. The maximum Gasteiger partial charge on any atom is 0.0991 e. The van der Waals surface area contributed by atoms with E-state index in [9.17, 15) is 5.11 Å². The standard InChI is InChI=1S/C26H37N3O2/c1-26(2)23-9-8-22(25(26)14-23)18-31-19-24(30)17-29-11-3-10-28(12-13-29)16-21-6-4-20(15-27)5-7-21/h4-8,23-25,30H,3,9-14,16-19H2,1-2H3. The van der Waals surface area contributed by atoms with E-state index in [2.05, 4.69) is 47.9 Å². The molecule has 1 saturated heterocycles. The number of nitriles is 1. The van der Waals surface area contributed by atoms with Crippen molar-refractivity contribution in [3.8, 4) is 6.07 Å². The lowest BCUT2D eigenvalue weighted by Gasteiger charge is -2.56. The van der Waals surface area contributed by atoms with Gasteiger partial charge in [0.2, 0.25) is 0 Å². The summed E-state index contributed by atoms with van der Waals surface area (Å²) in [6, 6.07) is 10.1. The minimum Gasteiger partial charge on any atom is -0.389 e. The van der Waals surface area contributed by atoms with Crippen LogP contribution in [-0.2, 0) is 11.3 Å². The topological polar surface area (TPSA) is 59.7 Å². The van der Waals surface area contributed by atoms with Gasteiger partial charge in [0, 0.05) is 26.2 Å². The minimum atomic E-state index is -0.434. The van der Waals surface area contributed by atoms with Crippen LogP contribution in [0.3, 0.4) is 0 Å². The van der Waals surface area contributed by atoms with Crippen LogP contribution < -0.4 is 0 Å². The van der Waals surface area contributed by atoms with Crippen molar-refractivity contribution in [1.29, 1.82) is 5.26 Å². The molecular weight excluding hydrogens is 386 g/mol. The van der Waals surface area contributed by atoms with Crippen molar-refractivity contribution >= 4 is 0 Å². The SMILES string of the molecule is CC1(C)C2CC=C(COCC(O)CN3CCCN(Cc4ccc(C#N)cc4)CC3)C1C2. The molecule has 5 nitrogen and oxygen atoms in total. The Balaban J connectivity index is 1.16. The molecule has 3 atom stereocenters. The summed E-state index contributed by atoms with van der Waals surface area (Å²) < 4.78 is 5.94. The Hall–Kier alpha value is -1.71. The third-order valence-electron chi connectivity index (χ3n) is 7.80. The summed E-state index contributed by atoms with van der Waals surface area (Å²) in [6.45, 7) is 11.5. The number of β-amino-alcohol motifs (C(OH)–C–C–N with tert-alkyl or cyclic N) is 1. The fraction of sp³-hybridized carbons (Fsp3) is 0.654. The van der Waals surface area contributed by atoms with E-state index in [1.54, 1.807) is 0 Å². The molecule has 5 rings (SSSR count). The Bertz CT molecular complexity index is 811. The van der Waals surface area contributed by atoms with Gasteiger partial charge in [-0.2, -0.15) is 5.26 Å². The number of allylic oxidation sites excluding steroid dienone is 1. The second kappa shape index (κ2) is 9.83. The first-order valence-corrected chi connectivity index (χ1v) is 11.8. The first-order valence-electron chi connectivity index (χ1n) is 11.8. The fourth-order valence-electron chi connectivity index (χ4n) is 5.61. The molecule has 1 N–H and O–H groups in total. The van der Waals surface area contributed by atoms with Crippen molar-refractivity contribution < 1.29 is 9.84 Å². The maximum atomic E-state index is 10.5. The zero-order valence-corrected chi connectivity index (χ0v) is 19.1. The van der Waals surface area contributed by atoms with Gasteiger partial charge in [-0.15, -0.1) is 0 Å². The quantitative estimate of drug-likeness (QED) is 0.649. The molecule has 2 bridgehead atoms. The molecule has 4 aliphatic rings. The second-order valence-corrected chi connectivity index (χ2v) is 10.2. The smallest absolute Gasteiger partial charge is 0.0991 e. The van der Waals surface area contributed by atoms with E-state index in [-0.39, 0.29) is 0 Å². The van der Waals surface area contributed by atoms with Crippen molar-refractivity contribution in [2.24, 2.45) is 17.3 Å². The van der Waals surface area contributed by atoms with Gasteiger partial charge in [0.05, 0.1) is 31.0 Å². The van der Waals surface area contributed by atoms with Gasteiger partial charge in [-0.1, -0.05) is 32.1 Å². The predicted octanol–water partition coefficient (Wildman–Crippen LogP) is 3.44. The van der Waals surface area contributed by atoms with E-state index in [0.717, 1.165) is 45.1 Å². The van der Waals surface area contributed by atoms with Gasteiger partial charge in [0.25, 0.3) is 0 Å². The van der Waals surface area contributed by atoms with E-state index in [1.807, 2.05) is 12.1 Å². The van der Waals surface area contributed by atoms with Crippen LogP contribution in [0.2, 0.25) is 0 Å². The third-order valence-corrected chi connectivity index (χ3v) is 7.80. The minimum absolute atomic E-state index is 0.416. The van der Waals surface area contributed by atoms with Crippen molar-refractivity contribution in [2.75, 3.05) is 45.9 Å². The van der Waals surface area contributed by atoms with Gasteiger partial charge in [-0.3, -0.25) is 9.80 Å². The number of nitrogens with zero attached hydrogens (tertiary/aromatic N) is 3. The normalized spacial score (nSPS) is 27.0. The summed E-state index contributed by atoms with van der Waals surface area (Å²) in [6.07, 6.45) is 5.56. The van der Waals surface area contributed by atoms with Gasteiger partial charge in [0.1, 0.15) is 0 Å². The summed E-state index contributed by atoms with van der Waals surface area (Å²) in [4.78, 5) is 4.83. The summed E-state index contributed by atoms with van der Waals surface area (Å²) in [5.74, 6) is 1.53. The van der Waals surface area contributed by atoms with Gasteiger partial charge in [-0.05, 0) is 72.9 Å². The predicted molar refractivity (Wildman–Crippen MR) is 122 cm³/mol. The number of ether oxygens (including phenoxy) is 1. The average molecular weight is 424 g/mol. The van der Waals surface area contributed by atoms with Gasteiger partial charge in [0.15, 0.2) is 0 Å². The number of aliphatic hydroxyl groups is 1. The van der Waals surface area contributed by atoms with E-state index in [1.165, 1.54) is 24.0 Å². The number of hydrogen-bond donors (Lipinski definition) is 1. The van der Waals surface area contributed by atoms with Crippen LogP contribution in [0.4, 0.5) is 0 Å². The lowest BCUT2D eigenvalue weighted by atomic mass is 9.49.